The summed E-state index contributed by atoms with van der Waals surface area (Å²) >= 11 is 0. The number of benzene rings is 1. The molecule has 1 N–H and O–H groups in total. The number of pyridine rings is 1. The predicted octanol–water partition coefficient (Wildman–Crippen LogP) is 2.91. The summed E-state index contributed by atoms with van der Waals surface area (Å²) in [6.07, 6.45) is 1.50. The Labute approximate surface area is 161 Å². The summed E-state index contributed by atoms with van der Waals surface area (Å²) in [5.74, 6) is -0.632. The molecule has 8 nitrogen and oxygen atoms in total. The minimum absolute atomic E-state index is 0.0471. The Kier molecular flexibility index (Phi) is 5.81. The highest BCUT2D eigenvalue weighted by atomic mass is 19.1. The zero-order chi connectivity index (χ0) is 20.1. The molecule has 0 aliphatic heterocycles. The number of nitrogens with zero attached hydrogens (tertiary/aromatic N) is 5. The van der Waals surface area contributed by atoms with Crippen molar-refractivity contribution in [3.63, 3.8) is 0 Å². The van der Waals surface area contributed by atoms with Crippen LogP contribution in [0.5, 0.6) is 0 Å². The Morgan fingerprint density at radius 2 is 2.18 bits per heavy atom. The number of anilines is 1. The number of hydrogen-bond donors (Lipinski definition) is 1. The summed E-state index contributed by atoms with van der Waals surface area (Å²) in [5, 5.41) is 15.7. The van der Waals surface area contributed by atoms with E-state index in [-0.39, 0.29) is 5.56 Å². The molecule has 0 bridgehead atoms. The lowest BCUT2D eigenvalue weighted by Crippen LogP contribution is -2.18. The van der Waals surface area contributed by atoms with Gasteiger partial charge in [-0.25, -0.2) is 18.7 Å². The smallest absolute Gasteiger partial charge is 0.411 e. The molecule has 0 aliphatic rings. The molecular formula is C19H19FN6O2. The molecular weight excluding hydrogens is 363 g/mol. The fraction of sp³-hybridized carbons (Fsp3) is 0.263. The van der Waals surface area contributed by atoms with Gasteiger partial charge < -0.3 is 9.64 Å². The van der Waals surface area contributed by atoms with Crippen molar-refractivity contribution < 1.29 is 13.9 Å². The van der Waals surface area contributed by atoms with Crippen molar-refractivity contribution in [3.05, 3.63) is 48.0 Å². The van der Waals surface area contributed by atoms with Crippen molar-refractivity contribution in [2.75, 3.05) is 32.6 Å². The van der Waals surface area contributed by atoms with Crippen LogP contribution in [0.25, 0.3) is 16.9 Å². The molecule has 0 aliphatic carbocycles. The number of aromatic nitrogens is 3. The maximum Gasteiger partial charge on any atom is 0.411 e. The van der Waals surface area contributed by atoms with Gasteiger partial charge in [-0.05, 0) is 38.7 Å². The van der Waals surface area contributed by atoms with Gasteiger partial charge in [0.05, 0.1) is 17.9 Å². The molecule has 3 aromatic rings. The lowest BCUT2D eigenvalue weighted by atomic mass is 10.1. The van der Waals surface area contributed by atoms with E-state index in [1.54, 1.807) is 24.3 Å². The number of rotatable bonds is 6. The molecule has 0 radical (unpaired) electrons. The first kappa shape index (κ1) is 19.3. The van der Waals surface area contributed by atoms with Crippen molar-refractivity contribution >= 4 is 17.4 Å². The number of nitrogens with one attached hydrogen (secondary N) is 1. The highest BCUT2D eigenvalue weighted by Crippen LogP contribution is 2.26. The Morgan fingerprint density at radius 1 is 1.36 bits per heavy atom. The number of fused-ring (bicyclic) bond motifs is 1. The van der Waals surface area contributed by atoms with Gasteiger partial charge in [-0.1, -0.05) is 6.07 Å². The standard InChI is InChI=1S/C19H19FN6O2/c1-25(2)6-3-7-28-19(27)24-15-9-17(26-18(10-15)22-12-23-26)13-4-5-14(11-21)16(20)8-13/h4-5,8-10,12H,3,6-7H2,1-2H3,(H,24,27). The highest BCUT2D eigenvalue weighted by Gasteiger charge is 2.13. The Balaban J connectivity index is 1.83. The third-order valence-corrected chi connectivity index (χ3v) is 3.99. The molecule has 0 atom stereocenters. The van der Waals surface area contributed by atoms with E-state index >= 15 is 0 Å². The van der Waals surface area contributed by atoms with Gasteiger partial charge in [0, 0.05) is 23.9 Å². The van der Waals surface area contributed by atoms with Crippen molar-refractivity contribution in [2.45, 2.75) is 6.42 Å². The van der Waals surface area contributed by atoms with E-state index in [0.29, 0.717) is 29.2 Å². The molecule has 3 rings (SSSR count). The van der Waals surface area contributed by atoms with E-state index < -0.39 is 11.9 Å². The first-order valence-electron chi connectivity index (χ1n) is 8.60. The van der Waals surface area contributed by atoms with E-state index in [1.807, 2.05) is 19.0 Å². The SMILES string of the molecule is CN(C)CCCOC(=O)Nc1cc(-c2ccc(C#N)c(F)c2)n2ncnc2c1. The van der Waals surface area contributed by atoms with Crippen LogP contribution >= 0.6 is 0 Å². The first-order chi connectivity index (χ1) is 13.5. The van der Waals surface area contributed by atoms with Gasteiger partial charge in [0.2, 0.25) is 0 Å². The molecule has 1 amide bonds. The van der Waals surface area contributed by atoms with Gasteiger partial charge in [0.15, 0.2) is 5.65 Å². The zero-order valence-corrected chi connectivity index (χ0v) is 15.5. The summed E-state index contributed by atoms with van der Waals surface area (Å²) in [6, 6.07) is 9.32. The minimum Gasteiger partial charge on any atom is -0.449 e. The van der Waals surface area contributed by atoms with Crippen LogP contribution in [0, 0.1) is 17.1 Å². The lowest BCUT2D eigenvalue weighted by molar-refractivity contribution is 0.156. The van der Waals surface area contributed by atoms with Crippen molar-refractivity contribution in [1.29, 1.82) is 5.26 Å². The van der Waals surface area contributed by atoms with E-state index in [9.17, 15) is 9.18 Å². The van der Waals surface area contributed by atoms with Crippen LogP contribution in [0.3, 0.4) is 0 Å². The van der Waals surface area contributed by atoms with E-state index in [1.165, 1.54) is 23.0 Å². The van der Waals surface area contributed by atoms with Crippen LogP contribution in [0.4, 0.5) is 14.9 Å². The lowest BCUT2D eigenvalue weighted by Gasteiger charge is -2.12. The Bertz CT molecular complexity index is 1040. The first-order valence-corrected chi connectivity index (χ1v) is 8.60. The third kappa shape index (κ3) is 4.42. The monoisotopic (exact) mass is 382 g/mol. The Morgan fingerprint density at radius 3 is 2.89 bits per heavy atom. The summed E-state index contributed by atoms with van der Waals surface area (Å²) in [4.78, 5) is 18.2. The second-order valence-electron chi connectivity index (χ2n) is 6.38. The summed E-state index contributed by atoms with van der Waals surface area (Å²) in [7, 11) is 3.89. The van der Waals surface area contributed by atoms with Crippen LogP contribution in [-0.4, -0.2) is 52.8 Å². The fourth-order valence-electron chi connectivity index (χ4n) is 2.67. The quantitative estimate of drug-likeness (QED) is 0.659. The minimum atomic E-state index is -0.632. The summed E-state index contributed by atoms with van der Waals surface area (Å²) in [6.45, 7) is 1.11. The average molecular weight is 382 g/mol. The van der Waals surface area contributed by atoms with E-state index in [0.717, 1.165) is 13.0 Å². The van der Waals surface area contributed by atoms with Crippen LogP contribution in [0.15, 0.2) is 36.7 Å². The number of amides is 1. The number of carbonyl (C=O) groups excluding carboxylic acids is 1. The predicted molar refractivity (Wildman–Crippen MR) is 101 cm³/mol. The molecule has 2 heterocycles. The van der Waals surface area contributed by atoms with E-state index in [4.69, 9.17) is 10.00 Å². The van der Waals surface area contributed by atoms with Crippen molar-refractivity contribution in [2.24, 2.45) is 0 Å². The molecule has 0 unspecified atom stereocenters. The fourth-order valence-corrected chi connectivity index (χ4v) is 2.67. The molecule has 28 heavy (non-hydrogen) atoms. The van der Waals surface area contributed by atoms with E-state index in [2.05, 4.69) is 15.4 Å². The summed E-state index contributed by atoms with van der Waals surface area (Å²) < 4.78 is 20.7. The van der Waals surface area contributed by atoms with Crippen LogP contribution < -0.4 is 5.32 Å². The van der Waals surface area contributed by atoms with Gasteiger partial charge in [-0.3, -0.25) is 5.32 Å². The summed E-state index contributed by atoms with van der Waals surface area (Å²) in [5.41, 5.74) is 1.88. The number of halogens is 1. The number of carbonyl (C=O) groups is 1. The van der Waals surface area contributed by atoms with Gasteiger partial charge >= 0.3 is 6.09 Å². The second-order valence-corrected chi connectivity index (χ2v) is 6.38. The number of nitriles is 1. The maximum absolute atomic E-state index is 14.0. The molecule has 0 fully saturated rings. The largest absolute Gasteiger partial charge is 0.449 e. The van der Waals surface area contributed by atoms with Crippen molar-refractivity contribution in [1.82, 2.24) is 19.5 Å². The van der Waals surface area contributed by atoms with Gasteiger partial charge in [0.1, 0.15) is 18.2 Å². The molecule has 0 saturated heterocycles. The van der Waals surface area contributed by atoms with Crippen LogP contribution in [0.2, 0.25) is 0 Å². The molecule has 0 spiro atoms. The average Bonchev–Trinajstić information content (AvgIpc) is 3.13. The molecule has 2 aromatic heterocycles. The van der Waals surface area contributed by atoms with Gasteiger partial charge in [-0.15, -0.1) is 0 Å². The molecule has 1 aromatic carbocycles. The van der Waals surface area contributed by atoms with Crippen LogP contribution in [0.1, 0.15) is 12.0 Å². The number of hydrogen-bond acceptors (Lipinski definition) is 6. The number of ether oxygens (including phenoxy) is 1. The zero-order valence-electron chi connectivity index (χ0n) is 15.5. The maximum atomic E-state index is 14.0. The third-order valence-electron chi connectivity index (χ3n) is 3.99. The normalized spacial score (nSPS) is 10.8. The van der Waals surface area contributed by atoms with Crippen LogP contribution in [-0.2, 0) is 4.74 Å². The van der Waals surface area contributed by atoms with Gasteiger partial charge in [-0.2, -0.15) is 10.4 Å². The Hall–Kier alpha value is -3.51. The molecule has 9 heteroatoms. The molecule has 144 valence electrons. The van der Waals surface area contributed by atoms with Gasteiger partial charge in [0.25, 0.3) is 0 Å². The highest BCUT2D eigenvalue weighted by molar-refractivity contribution is 5.86. The van der Waals surface area contributed by atoms with Crippen molar-refractivity contribution in [3.8, 4) is 17.3 Å². The molecule has 0 saturated carbocycles. The second kappa shape index (κ2) is 8.45. The topological polar surface area (TPSA) is 95.5 Å².